The van der Waals surface area contributed by atoms with Gasteiger partial charge in [-0.15, -0.1) is 0 Å². The number of amides is 1. The molecule has 1 aliphatic heterocycles. The van der Waals surface area contributed by atoms with E-state index in [1.165, 1.54) is 6.92 Å². The lowest BCUT2D eigenvalue weighted by molar-refractivity contribution is -0.120. The normalized spacial score (nSPS) is 21.0. The summed E-state index contributed by atoms with van der Waals surface area (Å²) >= 11 is 0. The molecule has 0 bridgehead atoms. The van der Waals surface area contributed by atoms with Gasteiger partial charge in [0.1, 0.15) is 12.4 Å². The van der Waals surface area contributed by atoms with E-state index in [0.29, 0.717) is 6.42 Å². The van der Waals surface area contributed by atoms with Crippen molar-refractivity contribution in [3.8, 4) is 5.75 Å². The zero-order valence-corrected chi connectivity index (χ0v) is 11.7. The van der Waals surface area contributed by atoms with Crippen molar-refractivity contribution in [1.29, 1.82) is 0 Å². The quantitative estimate of drug-likeness (QED) is 0.922. The molecule has 3 nitrogen and oxygen atoms in total. The summed E-state index contributed by atoms with van der Waals surface area (Å²) in [6, 6.07) is 1.87. The van der Waals surface area contributed by atoms with E-state index in [4.69, 9.17) is 4.74 Å². The highest BCUT2D eigenvalue weighted by molar-refractivity contribution is 5.73. The van der Waals surface area contributed by atoms with Crippen LogP contribution >= 0.6 is 0 Å². The monoisotopic (exact) mass is 283 g/mol. The molecule has 1 amide bonds. The van der Waals surface area contributed by atoms with Gasteiger partial charge >= 0.3 is 0 Å². The van der Waals surface area contributed by atoms with Crippen molar-refractivity contribution in [2.75, 3.05) is 6.61 Å². The van der Waals surface area contributed by atoms with Gasteiger partial charge in [-0.05, 0) is 18.6 Å². The minimum absolute atomic E-state index is 0.00675. The average molecular weight is 283 g/mol. The first kappa shape index (κ1) is 14.8. The summed E-state index contributed by atoms with van der Waals surface area (Å²) in [5.41, 5.74) is 0.253. The zero-order chi connectivity index (χ0) is 14.7. The average Bonchev–Trinajstić information content (AvgIpc) is 2.40. The fourth-order valence-corrected chi connectivity index (χ4v) is 2.70. The van der Waals surface area contributed by atoms with Crippen LogP contribution in [0.15, 0.2) is 12.1 Å². The number of nitrogens with one attached hydrogen (secondary N) is 1. The summed E-state index contributed by atoms with van der Waals surface area (Å²) in [6.45, 7) is 3.62. The maximum Gasteiger partial charge on any atom is 0.217 e. The minimum atomic E-state index is -0.552. The van der Waals surface area contributed by atoms with Crippen LogP contribution in [-0.2, 0) is 4.79 Å². The van der Waals surface area contributed by atoms with Crippen molar-refractivity contribution in [2.45, 2.75) is 45.1 Å². The molecule has 0 radical (unpaired) electrons. The Morgan fingerprint density at radius 2 is 2.10 bits per heavy atom. The molecule has 2 atom stereocenters. The number of halogens is 2. The van der Waals surface area contributed by atoms with Crippen LogP contribution in [0.4, 0.5) is 8.78 Å². The molecule has 0 spiro atoms. The lowest BCUT2D eigenvalue weighted by atomic mass is 9.84. The summed E-state index contributed by atoms with van der Waals surface area (Å²) in [7, 11) is 0. The largest absolute Gasteiger partial charge is 0.488 e. The van der Waals surface area contributed by atoms with Crippen molar-refractivity contribution in [1.82, 2.24) is 5.32 Å². The Kier molecular flexibility index (Phi) is 4.57. The molecule has 0 fully saturated rings. The number of carbonyl (C=O) groups excluding carboxylic acids is 1. The molecule has 1 unspecified atom stereocenters. The molecule has 1 aromatic carbocycles. The van der Waals surface area contributed by atoms with Crippen molar-refractivity contribution < 1.29 is 18.3 Å². The number of benzene rings is 1. The van der Waals surface area contributed by atoms with Crippen LogP contribution in [0.5, 0.6) is 5.75 Å². The molecule has 0 saturated heterocycles. The minimum Gasteiger partial charge on any atom is -0.488 e. The Hall–Kier alpha value is -1.65. The lowest BCUT2D eigenvalue weighted by Crippen LogP contribution is -2.45. The van der Waals surface area contributed by atoms with E-state index in [1.54, 1.807) is 0 Å². The Balaban J connectivity index is 2.38. The molecule has 1 aliphatic rings. The number of fused-ring (bicyclic) bond motifs is 1. The second-order valence-corrected chi connectivity index (χ2v) is 5.14. The third kappa shape index (κ3) is 2.92. The zero-order valence-electron chi connectivity index (χ0n) is 11.7. The van der Waals surface area contributed by atoms with Gasteiger partial charge < -0.3 is 10.1 Å². The molecule has 110 valence electrons. The summed E-state index contributed by atoms with van der Waals surface area (Å²) in [4.78, 5) is 11.3. The molecule has 20 heavy (non-hydrogen) atoms. The van der Waals surface area contributed by atoms with Gasteiger partial charge in [0.25, 0.3) is 0 Å². The van der Waals surface area contributed by atoms with Crippen LogP contribution < -0.4 is 10.1 Å². The smallest absolute Gasteiger partial charge is 0.217 e. The number of rotatable bonds is 4. The highest BCUT2D eigenvalue weighted by atomic mass is 19.1. The second-order valence-electron chi connectivity index (χ2n) is 5.14. The van der Waals surface area contributed by atoms with Crippen molar-refractivity contribution in [3.63, 3.8) is 0 Å². The van der Waals surface area contributed by atoms with Gasteiger partial charge in [-0.3, -0.25) is 4.79 Å². The first-order chi connectivity index (χ1) is 9.54. The van der Waals surface area contributed by atoms with E-state index in [9.17, 15) is 13.6 Å². The van der Waals surface area contributed by atoms with E-state index in [2.05, 4.69) is 5.32 Å². The van der Waals surface area contributed by atoms with E-state index in [0.717, 1.165) is 25.0 Å². The maximum atomic E-state index is 14.1. The van der Waals surface area contributed by atoms with Crippen LogP contribution in [0.3, 0.4) is 0 Å². The summed E-state index contributed by atoms with van der Waals surface area (Å²) in [5, 5.41) is 2.78. The van der Waals surface area contributed by atoms with Crippen LogP contribution in [0, 0.1) is 11.6 Å². The Labute approximate surface area is 117 Å². The molecule has 1 heterocycles. The SMILES string of the molecule is CCCC[C@H]1c2c(F)ccc(F)c2OCC1NC(C)=O. The van der Waals surface area contributed by atoms with E-state index in [-0.39, 0.29) is 35.8 Å². The molecular weight excluding hydrogens is 264 g/mol. The van der Waals surface area contributed by atoms with Crippen molar-refractivity contribution >= 4 is 5.91 Å². The summed E-state index contributed by atoms with van der Waals surface area (Å²) < 4.78 is 33.2. The number of carbonyl (C=O) groups is 1. The third-order valence-electron chi connectivity index (χ3n) is 3.62. The van der Waals surface area contributed by atoms with Gasteiger partial charge in [-0.2, -0.15) is 0 Å². The number of hydrogen-bond acceptors (Lipinski definition) is 2. The van der Waals surface area contributed by atoms with Gasteiger partial charge in [0.2, 0.25) is 5.91 Å². The van der Waals surface area contributed by atoms with Crippen LogP contribution in [0.1, 0.15) is 44.6 Å². The summed E-state index contributed by atoms with van der Waals surface area (Å²) in [5.74, 6) is -1.48. The molecule has 0 aliphatic carbocycles. The number of unbranched alkanes of at least 4 members (excludes halogenated alkanes) is 1. The highest BCUT2D eigenvalue weighted by Crippen LogP contribution is 2.40. The van der Waals surface area contributed by atoms with Crippen molar-refractivity contribution in [3.05, 3.63) is 29.3 Å². The van der Waals surface area contributed by atoms with Gasteiger partial charge in [0.05, 0.1) is 6.04 Å². The van der Waals surface area contributed by atoms with Gasteiger partial charge in [0, 0.05) is 18.4 Å². The van der Waals surface area contributed by atoms with E-state index >= 15 is 0 Å². The third-order valence-corrected chi connectivity index (χ3v) is 3.62. The second kappa shape index (κ2) is 6.20. The fourth-order valence-electron chi connectivity index (χ4n) is 2.70. The summed E-state index contributed by atoms with van der Waals surface area (Å²) in [6.07, 6.45) is 2.53. The van der Waals surface area contributed by atoms with Crippen molar-refractivity contribution in [2.24, 2.45) is 0 Å². The van der Waals surface area contributed by atoms with Crippen LogP contribution in [0.25, 0.3) is 0 Å². The first-order valence-corrected chi connectivity index (χ1v) is 6.92. The van der Waals surface area contributed by atoms with E-state index < -0.39 is 11.6 Å². The standard InChI is InChI=1S/C15H19F2NO2/c1-3-4-5-10-13(18-9(2)19)8-20-15-12(17)7-6-11(16)14(10)15/h6-7,10,13H,3-5,8H2,1-2H3,(H,18,19)/t10-,13?/m1/s1. The molecule has 0 aromatic heterocycles. The lowest BCUT2D eigenvalue weighted by Gasteiger charge is -2.34. The number of hydrogen-bond donors (Lipinski definition) is 1. The molecule has 5 heteroatoms. The van der Waals surface area contributed by atoms with Gasteiger partial charge in [-0.25, -0.2) is 8.78 Å². The van der Waals surface area contributed by atoms with E-state index in [1.807, 2.05) is 6.92 Å². The maximum absolute atomic E-state index is 14.1. The predicted molar refractivity (Wildman–Crippen MR) is 71.7 cm³/mol. The molecule has 1 aromatic rings. The van der Waals surface area contributed by atoms with Gasteiger partial charge in [0.15, 0.2) is 11.6 Å². The Morgan fingerprint density at radius 1 is 1.40 bits per heavy atom. The molecule has 0 saturated carbocycles. The van der Waals surface area contributed by atoms with Gasteiger partial charge in [-0.1, -0.05) is 19.8 Å². The number of ether oxygens (including phenoxy) is 1. The predicted octanol–water partition coefficient (Wildman–Crippen LogP) is 3.14. The molecule has 2 rings (SSSR count). The van der Waals surface area contributed by atoms with Crippen LogP contribution in [-0.4, -0.2) is 18.6 Å². The Bertz CT molecular complexity index is 505. The first-order valence-electron chi connectivity index (χ1n) is 6.92. The van der Waals surface area contributed by atoms with Crippen LogP contribution in [0.2, 0.25) is 0 Å². The fraction of sp³-hybridized carbons (Fsp3) is 0.533. The highest BCUT2D eigenvalue weighted by Gasteiger charge is 2.35. The Morgan fingerprint density at radius 3 is 2.75 bits per heavy atom. The molecule has 1 N–H and O–H groups in total. The topological polar surface area (TPSA) is 38.3 Å². The molecular formula is C15H19F2NO2.